The van der Waals surface area contributed by atoms with E-state index in [0.717, 1.165) is 0 Å². The van der Waals surface area contributed by atoms with Crippen LogP contribution in [0.2, 0.25) is 0 Å². The van der Waals surface area contributed by atoms with E-state index >= 15 is 0 Å². The van der Waals surface area contributed by atoms with Gasteiger partial charge in [0, 0.05) is 43.4 Å². The number of carbonyl (C=O) groups excluding carboxylic acids is 1. The lowest BCUT2D eigenvalue weighted by Crippen LogP contribution is -2.60. The number of amides is 1. The van der Waals surface area contributed by atoms with Crippen LogP contribution < -0.4 is 4.90 Å². The van der Waals surface area contributed by atoms with Crippen LogP contribution in [0.5, 0.6) is 0 Å². The van der Waals surface area contributed by atoms with E-state index in [0.29, 0.717) is 57.5 Å². The predicted molar refractivity (Wildman–Crippen MR) is 93.9 cm³/mol. The Kier molecular flexibility index (Phi) is 4.77. The van der Waals surface area contributed by atoms with Crippen LogP contribution in [0, 0.1) is 0 Å². The Bertz CT molecular complexity index is 745. The number of pyridine rings is 1. The number of ether oxygens (including phenoxy) is 2. The predicted octanol–water partition coefficient (Wildman–Crippen LogP) is 0.620. The number of nitrogens with zero attached hydrogens (tertiary/aromatic N) is 5. The molecule has 2 aliphatic heterocycles. The molecule has 4 rings (SSSR count). The maximum Gasteiger partial charge on any atom is 0.254 e. The number of morpholine rings is 1. The first-order valence-electron chi connectivity index (χ1n) is 8.69. The Balaban J connectivity index is 1.53. The molecule has 136 valence electrons. The SMILES string of the molecule is O=C(c1ccncc1)N1CCOC2(COCCN(c3ncccn3)C2)C1. The van der Waals surface area contributed by atoms with Gasteiger partial charge in [0.25, 0.3) is 5.91 Å². The number of hydrogen-bond donors (Lipinski definition) is 0. The third kappa shape index (κ3) is 3.51. The zero-order chi connectivity index (χ0) is 17.8. The Morgan fingerprint density at radius 3 is 2.65 bits per heavy atom. The summed E-state index contributed by atoms with van der Waals surface area (Å²) in [5.74, 6) is 0.639. The number of anilines is 1. The second-order valence-electron chi connectivity index (χ2n) is 6.52. The topological polar surface area (TPSA) is 80.7 Å². The van der Waals surface area contributed by atoms with Crippen molar-refractivity contribution in [2.45, 2.75) is 5.60 Å². The summed E-state index contributed by atoms with van der Waals surface area (Å²) in [5.41, 5.74) is 0.0474. The lowest BCUT2D eigenvalue weighted by atomic mass is 10.0. The number of hydrogen-bond acceptors (Lipinski definition) is 7. The van der Waals surface area contributed by atoms with Crippen LogP contribution in [0.25, 0.3) is 0 Å². The van der Waals surface area contributed by atoms with Crippen molar-refractivity contribution in [2.24, 2.45) is 0 Å². The van der Waals surface area contributed by atoms with Crippen LogP contribution in [-0.4, -0.2) is 77.4 Å². The summed E-state index contributed by atoms with van der Waals surface area (Å²) in [7, 11) is 0. The number of rotatable bonds is 2. The van der Waals surface area contributed by atoms with E-state index in [2.05, 4.69) is 19.9 Å². The van der Waals surface area contributed by atoms with Gasteiger partial charge in [-0.05, 0) is 18.2 Å². The minimum atomic E-state index is -0.587. The molecule has 1 amide bonds. The monoisotopic (exact) mass is 355 g/mol. The van der Waals surface area contributed by atoms with Gasteiger partial charge in [0.15, 0.2) is 0 Å². The molecule has 4 heterocycles. The normalized spacial score (nSPS) is 23.7. The second-order valence-corrected chi connectivity index (χ2v) is 6.52. The molecule has 0 N–H and O–H groups in total. The molecule has 2 aromatic heterocycles. The average Bonchev–Trinajstić information content (AvgIpc) is 2.91. The fraction of sp³-hybridized carbons (Fsp3) is 0.444. The van der Waals surface area contributed by atoms with Crippen molar-refractivity contribution in [1.29, 1.82) is 0 Å². The molecule has 26 heavy (non-hydrogen) atoms. The first kappa shape index (κ1) is 16.9. The Hall–Kier alpha value is -2.58. The molecule has 2 fully saturated rings. The quantitative estimate of drug-likeness (QED) is 0.781. The molecular formula is C18H21N5O3. The van der Waals surface area contributed by atoms with Gasteiger partial charge in [-0.15, -0.1) is 0 Å². The van der Waals surface area contributed by atoms with Gasteiger partial charge in [-0.25, -0.2) is 9.97 Å². The molecule has 0 radical (unpaired) electrons. The van der Waals surface area contributed by atoms with Crippen molar-refractivity contribution < 1.29 is 14.3 Å². The van der Waals surface area contributed by atoms with Gasteiger partial charge < -0.3 is 19.3 Å². The molecule has 2 aromatic rings. The summed E-state index contributed by atoms with van der Waals surface area (Å²) in [4.78, 5) is 29.4. The van der Waals surface area contributed by atoms with Crippen molar-refractivity contribution >= 4 is 11.9 Å². The van der Waals surface area contributed by atoms with E-state index in [1.807, 2.05) is 4.90 Å². The van der Waals surface area contributed by atoms with Crippen molar-refractivity contribution in [3.63, 3.8) is 0 Å². The van der Waals surface area contributed by atoms with Crippen LogP contribution in [0.4, 0.5) is 5.95 Å². The highest BCUT2D eigenvalue weighted by molar-refractivity contribution is 5.94. The van der Waals surface area contributed by atoms with Crippen molar-refractivity contribution in [1.82, 2.24) is 19.9 Å². The first-order valence-corrected chi connectivity index (χ1v) is 8.69. The van der Waals surface area contributed by atoms with Crippen LogP contribution >= 0.6 is 0 Å². The number of aromatic nitrogens is 3. The van der Waals surface area contributed by atoms with Crippen LogP contribution in [-0.2, 0) is 9.47 Å². The van der Waals surface area contributed by atoms with Gasteiger partial charge in [0.05, 0.1) is 32.9 Å². The first-order chi connectivity index (χ1) is 12.8. The molecule has 0 aromatic carbocycles. The van der Waals surface area contributed by atoms with Gasteiger partial charge in [-0.3, -0.25) is 9.78 Å². The zero-order valence-electron chi connectivity index (χ0n) is 14.5. The maximum absolute atomic E-state index is 12.8. The van der Waals surface area contributed by atoms with Gasteiger partial charge >= 0.3 is 0 Å². The highest BCUT2D eigenvalue weighted by atomic mass is 16.5. The highest BCUT2D eigenvalue weighted by Gasteiger charge is 2.42. The molecule has 2 aliphatic rings. The highest BCUT2D eigenvalue weighted by Crippen LogP contribution is 2.25. The summed E-state index contributed by atoms with van der Waals surface area (Å²) in [5, 5.41) is 0. The number of carbonyl (C=O) groups is 1. The molecule has 0 aliphatic carbocycles. The summed E-state index contributed by atoms with van der Waals surface area (Å²) >= 11 is 0. The molecule has 0 bridgehead atoms. The Morgan fingerprint density at radius 1 is 1.04 bits per heavy atom. The lowest BCUT2D eigenvalue weighted by molar-refractivity contribution is -0.124. The summed E-state index contributed by atoms with van der Waals surface area (Å²) in [6.07, 6.45) is 6.71. The summed E-state index contributed by atoms with van der Waals surface area (Å²) < 4.78 is 11.9. The van der Waals surface area contributed by atoms with Gasteiger partial charge in [0.1, 0.15) is 5.60 Å². The molecule has 8 nitrogen and oxygen atoms in total. The minimum absolute atomic E-state index is 0.0122. The fourth-order valence-electron chi connectivity index (χ4n) is 3.41. The maximum atomic E-state index is 12.8. The molecule has 1 atom stereocenters. The third-order valence-corrected chi connectivity index (χ3v) is 4.65. The average molecular weight is 355 g/mol. The molecule has 8 heteroatoms. The molecule has 1 spiro atoms. The Morgan fingerprint density at radius 2 is 1.85 bits per heavy atom. The van der Waals surface area contributed by atoms with Gasteiger partial charge in [-0.2, -0.15) is 0 Å². The van der Waals surface area contributed by atoms with Crippen molar-refractivity contribution in [3.05, 3.63) is 48.5 Å². The molecular weight excluding hydrogens is 334 g/mol. The Labute approximate surface area is 151 Å². The van der Waals surface area contributed by atoms with Crippen molar-refractivity contribution in [2.75, 3.05) is 50.9 Å². The summed E-state index contributed by atoms with van der Waals surface area (Å²) in [6.45, 7) is 3.79. The van der Waals surface area contributed by atoms with Crippen LogP contribution in [0.15, 0.2) is 43.0 Å². The van der Waals surface area contributed by atoms with Crippen LogP contribution in [0.3, 0.4) is 0 Å². The largest absolute Gasteiger partial charge is 0.376 e. The fourth-order valence-corrected chi connectivity index (χ4v) is 3.41. The van der Waals surface area contributed by atoms with Gasteiger partial charge in [0.2, 0.25) is 5.95 Å². The second kappa shape index (κ2) is 7.35. The van der Waals surface area contributed by atoms with E-state index in [4.69, 9.17) is 9.47 Å². The molecule has 1 unspecified atom stereocenters. The zero-order valence-corrected chi connectivity index (χ0v) is 14.5. The molecule has 0 saturated carbocycles. The van der Waals surface area contributed by atoms with Crippen molar-refractivity contribution in [3.8, 4) is 0 Å². The standard InChI is InChI=1S/C18H21N5O3/c24-16(15-2-6-19-7-3-15)22-9-11-26-18(12-22)13-23(8-10-25-14-18)17-20-4-1-5-21-17/h1-7H,8-14H2. The van der Waals surface area contributed by atoms with E-state index in [1.165, 1.54) is 0 Å². The van der Waals surface area contributed by atoms with E-state index in [1.54, 1.807) is 43.0 Å². The lowest BCUT2D eigenvalue weighted by Gasteiger charge is -2.43. The van der Waals surface area contributed by atoms with E-state index < -0.39 is 5.60 Å². The van der Waals surface area contributed by atoms with Crippen LogP contribution in [0.1, 0.15) is 10.4 Å². The van der Waals surface area contributed by atoms with E-state index in [9.17, 15) is 4.79 Å². The molecule has 2 saturated heterocycles. The van der Waals surface area contributed by atoms with E-state index in [-0.39, 0.29) is 5.91 Å². The third-order valence-electron chi connectivity index (χ3n) is 4.65. The minimum Gasteiger partial charge on any atom is -0.376 e. The smallest absolute Gasteiger partial charge is 0.254 e. The van der Waals surface area contributed by atoms with Gasteiger partial charge in [-0.1, -0.05) is 0 Å². The summed E-state index contributed by atoms with van der Waals surface area (Å²) in [6, 6.07) is 5.26.